The fraction of sp³-hybridized carbons (Fsp3) is 0.600. The van der Waals surface area contributed by atoms with Crippen LogP contribution in [0.4, 0.5) is 11.4 Å². The molecule has 1 atom stereocenters. The average Bonchev–Trinajstić information content (AvgIpc) is 2.36. The van der Waals surface area contributed by atoms with Gasteiger partial charge in [0.25, 0.3) is 0 Å². The number of aliphatic hydroxyl groups is 2. The Kier molecular flexibility index (Phi) is 5.63. The van der Waals surface area contributed by atoms with Crippen LogP contribution in [0.2, 0.25) is 0 Å². The van der Waals surface area contributed by atoms with Crippen LogP contribution in [0.1, 0.15) is 27.7 Å². The van der Waals surface area contributed by atoms with E-state index >= 15 is 0 Å². The van der Waals surface area contributed by atoms with Crippen molar-refractivity contribution < 1.29 is 10.2 Å². The van der Waals surface area contributed by atoms with Gasteiger partial charge in [0.2, 0.25) is 0 Å². The second kappa shape index (κ2) is 6.78. The Labute approximate surface area is 116 Å². The lowest BCUT2D eigenvalue weighted by Crippen LogP contribution is -2.39. The summed E-state index contributed by atoms with van der Waals surface area (Å²) in [7, 11) is 0. The first-order valence-corrected chi connectivity index (χ1v) is 6.83. The van der Waals surface area contributed by atoms with Crippen molar-refractivity contribution in [3.05, 3.63) is 24.3 Å². The molecule has 0 aliphatic rings. The molecule has 0 saturated carbocycles. The van der Waals surface area contributed by atoms with Gasteiger partial charge in [0.15, 0.2) is 0 Å². The topological polar surface area (TPSA) is 55.7 Å². The number of hydrogen-bond donors (Lipinski definition) is 3. The summed E-state index contributed by atoms with van der Waals surface area (Å²) in [5.41, 5.74) is 1.32. The summed E-state index contributed by atoms with van der Waals surface area (Å²) in [6, 6.07) is 8.02. The van der Waals surface area contributed by atoms with Crippen molar-refractivity contribution >= 4 is 11.4 Å². The molecule has 1 aromatic rings. The summed E-state index contributed by atoms with van der Waals surface area (Å²) < 4.78 is 0. The molecule has 0 fully saturated rings. The van der Waals surface area contributed by atoms with Gasteiger partial charge in [0.1, 0.15) is 0 Å². The summed E-state index contributed by atoms with van der Waals surface area (Å²) in [6.45, 7) is 9.27. The first-order valence-electron chi connectivity index (χ1n) is 6.83. The molecular formula is C15H26N2O2. The first-order chi connectivity index (χ1) is 8.88. The Hall–Kier alpha value is -1.26. The van der Waals surface area contributed by atoms with Gasteiger partial charge in [-0.05, 0) is 52.0 Å². The smallest absolute Gasteiger partial charge is 0.0789 e. The van der Waals surface area contributed by atoms with Crippen molar-refractivity contribution in [1.29, 1.82) is 0 Å². The number of likely N-dealkylation sites (N-methyl/N-ethyl adjacent to an activating group) is 1. The van der Waals surface area contributed by atoms with Crippen molar-refractivity contribution in [2.75, 3.05) is 29.9 Å². The molecule has 0 spiro atoms. The average molecular weight is 266 g/mol. The van der Waals surface area contributed by atoms with E-state index in [4.69, 9.17) is 5.11 Å². The number of rotatable bonds is 7. The van der Waals surface area contributed by atoms with E-state index in [1.807, 2.05) is 31.2 Å². The quantitative estimate of drug-likeness (QED) is 0.707. The van der Waals surface area contributed by atoms with Crippen molar-refractivity contribution in [2.45, 2.75) is 39.3 Å². The highest BCUT2D eigenvalue weighted by atomic mass is 16.3. The predicted octanol–water partition coefficient (Wildman–Crippen LogP) is 2.08. The van der Waals surface area contributed by atoms with Crippen LogP contribution in [-0.4, -0.2) is 41.6 Å². The van der Waals surface area contributed by atoms with Crippen LogP contribution >= 0.6 is 0 Å². The van der Waals surface area contributed by atoms with Gasteiger partial charge in [0.05, 0.1) is 18.2 Å². The Balaban J connectivity index is 2.71. The lowest BCUT2D eigenvalue weighted by Gasteiger charge is -2.28. The maximum atomic E-state index is 9.90. The third kappa shape index (κ3) is 4.73. The minimum atomic E-state index is -0.759. The van der Waals surface area contributed by atoms with Gasteiger partial charge >= 0.3 is 0 Å². The molecule has 19 heavy (non-hydrogen) atoms. The van der Waals surface area contributed by atoms with Crippen LogP contribution in [0.5, 0.6) is 0 Å². The van der Waals surface area contributed by atoms with Crippen molar-refractivity contribution in [3.63, 3.8) is 0 Å². The Morgan fingerprint density at radius 3 is 2.26 bits per heavy atom. The zero-order chi connectivity index (χ0) is 14.5. The van der Waals surface area contributed by atoms with Crippen molar-refractivity contribution in [1.82, 2.24) is 0 Å². The monoisotopic (exact) mass is 266 g/mol. The van der Waals surface area contributed by atoms with Gasteiger partial charge in [-0.3, -0.25) is 0 Å². The van der Waals surface area contributed by atoms with Gasteiger partial charge in [-0.25, -0.2) is 0 Å². The van der Waals surface area contributed by atoms with E-state index in [1.165, 1.54) is 0 Å². The van der Waals surface area contributed by atoms with Gasteiger partial charge < -0.3 is 20.4 Å². The molecule has 0 bridgehead atoms. The fourth-order valence-corrected chi connectivity index (χ4v) is 1.79. The van der Waals surface area contributed by atoms with Crippen LogP contribution in [-0.2, 0) is 0 Å². The summed E-state index contributed by atoms with van der Waals surface area (Å²) >= 11 is 0. The van der Waals surface area contributed by atoms with E-state index in [0.29, 0.717) is 6.54 Å². The summed E-state index contributed by atoms with van der Waals surface area (Å²) in [5, 5.41) is 22.2. The summed E-state index contributed by atoms with van der Waals surface area (Å²) in [6.07, 6.45) is 0. The number of hydrogen-bond acceptors (Lipinski definition) is 4. The molecule has 0 saturated heterocycles. The molecule has 3 N–H and O–H groups in total. The highest BCUT2D eigenvalue weighted by Crippen LogP contribution is 2.20. The van der Waals surface area contributed by atoms with E-state index in [0.717, 1.165) is 17.9 Å². The maximum absolute atomic E-state index is 9.90. The molecular weight excluding hydrogens is 240 g/mol. The molecule has 1 rings (SSSR count). The zero-order valence-corrected chi connectivity index (χ0v) is 12.3. The minimum Gasteiger partial charge on any atom is -0.395 e. The predicted molar refractivity (Wildman–Crippen MR) is 80.8 cm³/mol. The molecule has 1 unspecified atom stereocenters. The zero-order valence-electron chi connectivity index (χ0n) is 12.3. The number of benzene rings is 1. The van der Waals surface area contributed by atoms with E-state index in [2.05, 4.69) is 17.1 Å². The molecule has 4 heteroatoms. The summed E-state index contributed by atoms with van der Waals surface area (Å²) in [5.74, 6) is 0. The first kappa shape index (κ1) is 15.8. The molecule has 0 aliphatic heterocycles. The van der Waals surface area contributed by atoms with Crippen molar-refractivity contribution in [3.8, 4) is 0 Å². The van der Waals surface area contributed by atoms with Crippen LogP contribution in [0.15, 0.2) is 24.3 Å². The lowest BCUT2D eigenvalue weighted by molar-refractivity contribution is 0.0649. The Morgan fingerprint density at radius 1 is 1.26 bits per heavy atom. The molecule has 0 aliphatic carbocycles. The standard InChI is InChI=1S/C15H26N2O2/c1-5-17(10-11-18)14-8-6-13(7-9-14)16-12(2)15(3,4)19/h6-9,12,16,18-19H,5,10-11H2,1-4H3. The minimum absolute atomic E-state index is 0.0296. The largest absolute Gasteiger partial charge is 0.395 e. The van der Waals surface area contributed by atoms with Crippen LogP contribution in [0.3, 0.4) is 0 Å². The number of aliphatic hydroxyl groups excluding tert-OH is 1. The second-order valence-electron chi connectivity index (χ2n) is 5.37. The molecule has 0 radical (unpaired) electrons. The third-order valence-electron chi connectivity index (χ3n) is 3.43. The molecule has 4 nitrogen and oxygen atoms in total. The number of nitrogens with one attached hydrogen (secondary N) is 1. The normalized spacial score (nSPS) is 13.2. The molecule has 1 aromatic carbocycles. The van der Waals surface area contributed by atoms with Gasteiger partial charge in [-0.2, -0.15) is 0 Å². The highest BCUT2D eigenvalue weighted by molar-refractivity contribution is 5.55. The molecule has 108 valence electrons. The maximum Gasteiger partial charge on any atom is 0.0789 e. The van der Waals surface area contributed by atoms with Crippen LogP contribution in [0, 0.1) is 0 Å². The van der Waals surface area contributed by atoms with E-state index in [1.54, 1.807) is 13.8 Å². The Morgan fingerprint density at radius 2 is 1.84 bits per heavy atom. The van der Waals surface area contributed by atoms with E-state index in [9.17, 15) is 5.11 Å². The highest BCUT2D eigenvalue weighted by Gasteiger charge is 2.21. The number of anilines is 2. The SMILES string of the molecule is CCN(CCO)c1ccc(NC(C)C(C)(C)O)cc1. The Bertz CT molecular complexity index is 371. The lowest BCUT2D eigenvalue weighted by atomic mass is 10.0. The van der Waals surface area contributed by atoms with E-state index in [-0.39, 0.29) is 12.6 Å². The second-order valence-corrected chi connectivity index (χ2v) is 5.37. The molecule has 0 amide bonds. The molecule has 0 aromatic heterocycles. The van der Waals surface area contributed by atoms with Crippen molar-refractivity contribution in [2.24, 2.45) is 0 Å². The van der Waals surface area contributed by atoms with Gasteiger partial charge in [-0.15, -0.1) is 0 Å². The van der Waals surface area contributed by atoms with Crippen LogP contribution in [0.25, 0.3) is 0 Å². The van der Waals surface area contributed by atoms with Gasteiger partial charge in [-0.1, -0.05) is 0 Å². The fourth-order valence-electron chi connectivity index (χ4n) is 1.79. The number of nitrogens with zero attached hydrogens (tertiary/aromatic N) is 1. The van der Waals surface area contributed by atoms with E-state index < -0.39 is 5.60 Å². The molecule has 0 heterocycles. The summed E-state index contributed by atoms with van der Waals surface area (Å²) in [4.78, 5) is 2.11. The van der Waals surface area contributed by atoms with Crippen LogP contribution < -0.4 is 10.2 Å². The van der Waals surface area contributed by atoms with Gasteiger partial charge in [0, 0.05) is 24.5 Å². The third-order valence-corrected chi connectivity index (χ3v) is 3.43.